The molecule has 0 spiro atoms. The molecule has 0 unspecified atom stereocenters. The van der Waals surface area contributed by atoms with Gasteiger partial charge in [0.25, 0.3) is 0 Å². The minimum atomic E-state index is 0. The minimum Gasteiger partial charge on any atom is -0.384 e. The van der Waals surface area contributed by atoms with Crippen LogP contribution in [0, 0.1) is 0 Å². The van der Waals surface area contributed by atoms with E-state index in [9.17, 15) is 0 Å². The maximum absolute atomic E-state index is 4.73. The SMILES string of the molecule is CCCCNc1cccc2nc3ccccc3cc12.Cl.Cl. The van der Waals surface area contributed by atoms with E-state index in [1.807, 2.05) is 6.07 Å². The zero-order valence-electron chi connectivity index (χ0n) is 12.0. The van der Waals surface area contributed by atoms with Crippen molar-refractivity contribution in [1.82, 2.24) is 4.98 Å². The van der Waals surface area contributed by atoms with Crippen molar-refractivity contribution in [2.75, 3.05) is 11.9 Å². The van der Waals surface area contributed by atoms with Gasteiger partial charge in [0, 0.05) is 23.0 Å². The van der Waals surface area contributed by atoms with Crippen molar-refractivity contribution in [2.24, 2.45) is 0 Å². The van der Waals surface area contributed by atoms with E-state index in [-0.39, 0.29) is 24.8 Å². The topological polar surface area (TPSA) is 24.9 Å². The number of aromatic nitrogens is 1. The van der Waals surface area contributed by atoms with Gasteiger partial charge in [-0.15, -0.1) is 24.8 Å². The monoisotopic (exact) mass is 322 g/mol. The van der Waals surface area contributed by atoms with Crippen LogP contribution < -0.4 is 5.32 Å². The molecular weight excluding hydrogens is 303 g/mol. The molecule has 1 aromatic heterocycles. The predicted octanol–water partition coefficient (Wildman–Crippen LogP) is 5.44. The normalized spacial score (nSPS) is 9.95. The summed E-state index contributed by atoms with van der Waals surface area (Å²) in [4.78, 5) is 4.73. The number of benzene rings is 2. The molecule has 0 aliphatic heterocycles. The van der Waals surface area contributed by atoms with Crippen molar-refractivity contribution >= 4 is 52.3 Å². The Morgan fingerprint density at radius 2 is 1.71 bits per heavy atom. The smallest absolute Gasteiger partial charge is 0.0730 e. The van der Waals surface area contributed by atoms with E-state index in [0.717, 1.165) is 17.6 Å². The van der Waals surface area contributed by atoms with Gasteiger partial charge in [0.05, 0.1) is 11.0 Å². The molecule has 0 saturated heterocycles. The molecule has 0 bridgehead atoms. The number of rotatable bonds is 4. The van der Waals surface area contributed by atoms with E-state index in [0.29, 0.717) is 0 Å². The summed E-state index contributed by atoms with van der Waals surface area (Å²) < 4.78 is 0. The van der Waals surface area contributed by atoms with Gasteiger partial charge < -0.3 is 5.32 Å². The van der Waals surface area contributed by atoms with Crippen molar-refractivity contribution < 1.29 is 0 Å². The highest BCUT2D eigenvalue weighted by atomic mass is 35.5. The Bertz CT molecular complexity index is 713. The number of halogens is 2. The van der Waals surface area contributed by atoms with E-state index < -0.39 is 0 Å². The van der Waals surface area contributed by atoms with Gasteiger partial charge in [0.1, 0.15) is 0 Å². The van der Waals surface area contributed by atoms with Crippen LogP contribution in [-0.4, -0.2) is 11.5 Å². The average molecular weight is 323 g/mol. The summed E-state index contributed by atoms with van der Waals surface area (Å²) in [5.74, 6) is 0. The second-order valence-corrected chi connectivity index (χ2v) is 4.83. The van der Waals surface area contributed by atoms with Gasteiger partial charge in [-0.2, -0.15) is 0 Å². The van der Waals surface area contributed by atoms with Crippen LogP contribution in [0.5, 0.6) is 0 Å². The van der Waals surface area contributed by atoms with Gasteiger partial charge in [0.2, 0.25) is 0 Å². The molecule has 21 heavy (non-hydrogen) atoms. The Morgan fingerprint density at radius 3 is 2.52 bits per heavy atom. The molecule has 0 amide bonds. The Labute approximate surface area is 137 Å². The molecule has 2 nitrogen and oxygen atoms in total. The fraction of sp³-hybridized carbons (Fsp3) is 0.235. The number of fused-ring (bicyclic) bond motifs is 2. The first kappa shape index (κ1) is 17.5. The number of nitrogens with zero attached hydrogens (tertiary/aromatic N) is 1. The van der Waals surface area contributed by atoms with Crippen LogP contribution in [0.4, 0.5) is 5.69 Å². The Hall–Kier alpha value is -1.51. The number of para-hydroxylation sites is 1. The molecule has 3 aromatic rings. The standard InChI is InChI=1S/C17H18N2.2ClH/c1-2-3-11-18-16-9-6-10-17-14(16)12-13-7-4-5-8-15(13)19-17;;/h4-10,12,18H,2-3,11H2,1H3;2*1H. The molecular formula is C17H20Cl2N2. The highest BCUT2D eigenvalue weighted by Crippen LogP contribution is 2.25. The summed E-state index contributed by atoms with van der Waals surface area (Å²) in [6.07, 6.45) is 2.40. The van der Waals surface area contributed by atoms with Crippen LogP contribution in [0.1, 0.15) is 19.8 Å². The van der Waals surface area contributed by atoms with Gasteiger partial charge in [-0.1, -0.05) is 37.6 Å². The Balaban J connectivity index is 0.00000110. The van der Waals surface area contributed by atoms with Gasteiger partial charge in [-0.05, 0) is 30.7 Å². The third-order valence-electron chi connectivity index (χ3n) is 3.41. The van der Waals surface area contributed by atoms with Gasteiger partial charge in [0.15, 0.2) is 0 Å². The predicted molar refractivity (Wildman–Crippen MR) is 97.1 cm³/mol. The summed E-state index contributed by atoms with van der Waals surface area (Å²) in [6, 6.07) is 16.8. The number of hydrogen-bond acceptors (Lipinski definition) is 2. The minimum absolute atomic E-state index is 0. The molecule has 0 radical (unpaired) electrons. The number of anilines is 1. The van der Waals surface area contributed by atoms with Crippen molar-refractivity contribution in [1.29, 1.82) is 0 Å². The summed E-state index contributed by atoms with van der Waals surface area (Å²) in [7, 11) is 0. The third kappa shape index (κ3) is 3.78. The van der Waals surface area contributed by atoms with Crippen LogP contribution in [0.25, 0.3) is 21.8 Å². The van der Waals surface area contributed by atoms with Gasteiger partial charge in [-0.25, -0.2) is 4.98 Å². The number of pyridine rings is 1. The lowest BCUT2D eigenvalue weighted by molar-refractivity contribution is 0.835. The van der Waals surface area contributed by atoms with E-state index in [1.54, 1.807) is 0 Å². The fourth-order valence-corrected chi connectivity index (χ4v) is 2.35. The molecule has 0 fully saturated rings. The lowest BCUT2D eigenvalue weighted by Crippen LogP contribution is -2.01. The first-order valence-corrected chi connectivity index (χ1v) is 6.91. The molecule has 0 saturated carbocycles. The summed E-state index contributed by atoms with van der Waals surface area (Å²) >= 11 is 0. The molecule has 1 N–H and O–H groups in total. The first-order chi connectivity index (χ1) is 9.38. The van der Waals surface area contributed by atoms with Crippen LogP contribution in [0.15, 0.2) is 48.5 Å². The van der Waals surface area contributed by atoms with Gasteiger partial charge >= 0.3 is 0 Å². The highest BCUT2D eigenvalue weighted by Gasteiger charge is 2.03. The molecule has 0 aliphatic carbocycles. The number of nitrogens with one attached hydrogen (secondary N) is 1. The zero-order valence-corrected chi connectivity index (χ0v) is 13.6. The lowest BCUT2D eigenvalue weighted by atomic mass is 10.1. The van der Waals surface area contributed by atoms with E-state index in [2.05, 4.69) is 54.7 Å². The average Bonchev–Trinajstić information content (AvgIpc) is 2.46. The van der Waals surface area contributed by atoms with Crippen LogP contribution in [0.2, 0.25) is 0 Å². The maximum atomic E-state index is 4.73. The summed E-state index contributed by atoms with van der Waals surface area (Å²) in [5.41, 5.74) is 3.30. The van der Waals surface area contributed by atoms with E-state index in [1.165, 1.54) is 29.3 Å². The van der Waals surface area contributed by atoms with E-state index in [4.69, 9.17) is 4.98 Å². The highest BCUT2D eigenvalue weighted by molar-refractivity contribution is 5.99. The molecule has 112 valence electrons. The first-order valence-electron chi connectivity index (χ1n) is 6.91. The van der Waals surface area contributed by atoms with Crippen molar-refractivity contribution in [3.8, 4) is 0 Å². The lowest BCUT2D eigenvalue weighted by Gasteiger charge is -2.10. The van der Waals surface area contributed by atoms with E-state index >= 15 is 0 Å². The quantitative estimate of drug-likeness (QED) is 0.510. The van der Waals surface area contributed by atoms with Crippen molar-refractivity contribution in [2.45, 2.75) is 19.8 Å². The van der Waals surface area contributed by atoms with Crippen LogP contribution >= 0.6 is 24.8 Å². The van der Waals surface area contributed by atoms with Crippen LogP contribution in [-0.2, 0) is 0 Å². The van der Waals surface area contributed by atoms with Crippen molar-refractivity contribution in [3.05, 3.63) is 48.5 Å². The molecule has 0 atom stereocenters. The largest absolute Gasteiger partial charge is 0.384 e. The van der Waals surface area contributed by atoms with Crippen molar-refractivity contribution in [3.63, 3.8) is 0 Å². The zero-order chi connectivity index (χ0) is 13.1. The summed E-state index contributed by atoms with van der Waals surface area (Å²) in [6.45, 7) is 3.22. The molecule has 0 aliphatic rings. The molecule has 4 heteroatoms. The maximum Gasteiger partial charge on any atom is 0.0730 e. The second-order valence-electron chi connectivity index (χ2n) is 4.83. The third-order valence-corrected chi connectivity index (χ3v) is 3.41. The number of unbranched alkanes of at least 4 members (excludes halogenated alkanes) is 1. The molecule has 2 aromatic carbocycles. The molecule has 1 heterocycles. The Kier molecular flexibility index (Phi) is 6.73. The van der Waals surface area contributed by atoms with Gasteiger partial charge in [-0.3, -0.25) is 0 Å². The molecule has 3 rings (SSSR count). The second kappa shape index (κ2) is 8.06. The summed E-state index contributed by atoms with van der Waals surface area (Å²) in [5, 5.41) is 5.91. The van der Waals surface area contributed by atoms with Crippen LogP contribution in [0.3, 0.4) is 0 Å². The number of hydrogen-bond donors (Lipinski definition) is 1. The Morgan fingerprint density at radius 1 is 0.952 bits per heavy atom. The fourth-order valence-electron chi connectivity index (χ4n) is 2.35.